The van der Waals surface area contributed by atoms with Gasteiger partial charge in [-0.15, -0.1) is 0 Å². The molecule has 7 saturated carbocycles. The van der Waals surface area contributed by atoms with Crippen LogP contribution in [-0.4, -0.2) is 5.54 Å². The standard InChI is InChI=1S/C15H23N/c1-14-6-9-2-10-11(14)3-8-4-12(10)15(16,7-9)13(14)5-8/h8-13H,2-7,16H2,1H3/t8-,9-,10+,11+,12-,13+,14-,15-/m1/s1. The maximum atomic E-state index is 6.94. The summed E-state index contributed by atoms with van der Waals surface area (Å²) in [4.78, 5) is 0. The van der Waals surface area contributed by atoms with Gasteiger partial charge in [0.25, 0.3) is 0 Å². The van der Waals surface area contributed by atoms with E-state index >= 15 is 0 Å². The molecule has 8 atom stereocenters. The van der Waals surface area contributed by atoms with Crippen molar-refractivity contribution in [2.24, 2.45) is 46.7 Å². The Balaban J connectivity index is 1.76. The summed E-state index contributed by atoms with van der Waals surface area (Å²) in [6.45, 7) is 2.61. The SMILES string of the molecule is C[C@@]12C[C@H]3C[C@@H]4[C@H]5C[C@@H](C[C@@H]41)C[C@@H]2[C@@]5(N)C3. The van der Waals surface area contributed by atoms with Crippen molar-refractivity contribution in [1.29, 1.82) is 0 Å². The summed E-state index contributed by atoms with van der Waals surface area (Å²) < 4.78 is 0. The van der Waals surface area contributed by atoms with Crippen LogP contribution in [0.25, 0.3) is 0 Å². The lowest BCUT2D eigenvalue weighted by atomic mass is 9.29. The van der Waals surface area contributed by atoms with Crippen molar-refractivity contribution in [1.82, 2.24) is 0 Å². The molecule has 0 heterocycles. The highest BCUT2D eigenvalue weighted by Crippen LogP contribution is 2.76. The van der Waals surface area contributed by atoms with Gasteiger partial charge in [-0.3, -0.25) is 0 Å². The van der Waals surface area contributed by atoms with Gasteiger partial charge in [0.2, 0.25) is 0 Å². The van der Waals surface area contributed by atoms with Gasteiger partial charge in [-0.2, -0.15) is 0 Å². The van der Waals surface area contributed by atoms with E-state index in [1.165, 1.54) is 25.7 Å². The molecule has 0 spiro atoms. The minimum atomic E-state index is 0.286. The quantitative estimate of drug-likeness (QED) is 0.663. The van der Waals surface area contributed by atoms with Gasteiger partial charge in [0.05, 0.1) is 0 Å². The first kappa shape index (κ1) is 8.97. The smallest absolute Gasteiger partial charge is 0.0222 e. The lowest BCUT2D eigenvalue weighted by molar-refractivity contribution is -0.258. The molecular formula is C15H23N. The second-order valence-corrected chi connectivity index (χ2v) is 8.13. The van der Waals surface area contributed by atoms with E-state index in [0.29, 0.717) is 5.41 Å². The summed E-state index contributed by atoms with van der Waals surface area (Å²) in [5.74, 6) is 6.00. The average Bonchev–Trinajstić information content (AvgIpc) is 2.24. The third-order valence-corrected chi connectivity index (χ3v) is 7.74. The number of hydrogen-bond acceptors (Lipinski definition) is 1. The van der Waals surface area contributed by atoms with E-state index < -0.39 is 0 Å². The van der Waals surface area contributed by atoms with Crippen molar-refractivity contribution < 1.29 is 0 Å². The highest BCUT2D eigenvalue weighted by Gasteiger charge is 2.72. The predicted octanol–water partition coefficient (Wildman–Crippen LogP) is 2.80. The van der Waals surface area contributed by atoms with Crippen molar-refractivity contribution in [3.05, 3.63) is 0 Å². The zero-order chi connectivity index (χ0) is 10.7. The van der Waals surface area contributed by atoms with E-state index in [2.05, 4.69) is 6.92 Å². The normalized spacial score (nSPS) is 73.9. The zero-order valence-corrected chi connectivity index (χ0v) is 10.3. The highest BCUT2D eigenvalue weighted by molar-refractivity contribution is 5.24. The summed E-state index contributed by atoms with van der Waals surface area (Å²) in [5.41, 5.74) is 7.88. The Bertz CT molecular complexity index is 348. The van der Waals surface area contributed by atoms with E-state index in [-0.39, 0.29) is 5.54 Å². The topological polar surface area (TPSA) is 26.0 Å². The number of nitrogens with two attached hydrogens (primary N) is 1. The van der Waals surface area contributed by atoms with Crippen LogP contribution in [0.2, 0.25) is 0 Å². The van der Waals surface area contributed by atoms with Gasteiger partial charge in [0.1, 0.15) is 0 Å². The van der Waals surface area contributed by atoms with Crippen molar-refractivity contribution in [3.63, 3.8) is 0 Å². The third kappa shape index (κ3) is 0.698. The Morgan fingerprint density at radius 1 is 0.938 bits per heavy atom. The molecule has 0 aromatic carbocycles. The number of rotatable bonds is 0. The van der Waals surface area contributed by atoms with Crippen LogP contribution in [-0.2, 0) is 0 Å². The van der Waals surface area contributed by atoms with Crippen LogP contribution in [0.4, 0.5) is 0 Å². The highest BCUT2D eigenvalue weighted by atomic mass is 14.9. The monoisotopic (exact) mass is 217 g/mol. The Morgan fingerprint density at radius 3 is 2.62 bits per heavy atom. The molecular weight excluding hydrogens is 194 g/mol. The van der Waals surface area contributed by atoms with E-state index in [0.717, 1.165) is 35.5 Å². The molecule has 7 fully saturated rings. The average molecular weight is 217 g/mol. The Morgan fingerprint density at radius 2 is 1.75 bits per heavy atom. The van der Waals surface area contributed by atoms with Crippen LogP contribution in [0.15, 0.2) is 0 Å². The molecule has 1 heteroatoms. The molecule has 7 aliphatic carbocycles. The van der Waals surface area contributed by atoms with Gasteiger partial charge in [-0.25, -0.2) is 0 Å². The molecule has 1 nitrogen and oxygen atoms in total. The summed E-state index contributed by atoms with van der Waals surface area (Å²) >= 11 is 0. The zero-order valence-electron chi connectivity index (χ0n) is 10.3. The maximum absolute atomic E-state index is 6.94. The first-order valence-corrected chi connectivity index (χ1v) is 7.40. The summed E-state index contributed by atoms with van der Waals surface area (Å²) in [6.07, 6.45) is 9.00. The van der Waals surface area contributed by atoms with Crippen LogP contribution in [0.1, 0.15) is 45.4 Å². The van der Waals surface area contributed by atoms with Crippen LogP contribution in [0, 0.1) is 40.9 Å². The molecule has 0 unspecified atom stereocenters. The Labute approximate surface area is 98.2 Å². The van der Waals surface area contributed by atoms with Gasteiger partial charge in [-0.1, -0.05) is 6.92 Å². The fraction of sp³-hybridized carbons (Fsp3) is 1.00. The maximum Gasteiger partial charge on any atom is 0.0222 e. The summed E-state index contributed by atoms with van der Waals surface area (Å²) in [5, 5.41) is 0. The molecule has 0 aliphatic heterocycles. The molecule has 88 valence electrons. The van der Waals surface area contributed by atoms with Crippen molar-refractivity contribution >= 4 is 0 Å². The van der Waals surface area contributed by atoms with E-state index in [9.17, 15) is 0 Å². The first-order chi connectivity index (χ1) is 7.61. The van der Waals surface area contributed by atoms with Crippen molar-refractivity contribution in [3.8, 4) is 0 Å². The lowest BCUT2D eigenvalue weighted by Crippen LogP contribution is -2.77. The minimum Gasteiger partial charge on any atom is -0.325 e. The van der Waals surface area contributed by atoms with Gasteiger partial charge < -0.3 is 5.73 Å². The molecule has 8 bridgehead atoms. The van der Waals surface area contributed by atoms with E-state index in [1.807, 2.05) is 0 Å². The Hall–Kier alpha value is -0.0400. The van der Waals surface area contributed by atoms with Gasteiger partial charge in [0, 0.05) is 5.54 Å². The lowest BCUT2D eigenvalue weighted by Gasteiger charge is -2.77. The van der Waals surface area contributed by atoms with Crippen LogP contribution >= 0.6 is 0 Å². The van der Waals surface area contributed by atoms with Gasteiger partial charge >= 0.3 is 0 Å². The summed E-state index contributed by atoms with van der Waals surface area (Å²) in [6, 6.07) is 0. The van der Waals surface area contributed by atoms with Gasteiger partial charge in [0.15, 0.2) is 0 Å². The Kier molecular flexibility index (Phi) is 1.26. The molecule has 0 radical (unpaired) electrons. The van der Waals surface area contributed by atoms with Crippen molar-refractivity contribution in [2.75, 3.05) is 0 Å². The molecule has 0 aromatic rings. The number of hydrogen-bond donors (Lipinski definition) is 1. The molecule has 2 N–H and O–H groups in total. The molecule has 7 rings (SSSR count). The van der Waals surface area contributed by atoms with Crippen LogP contribution in [0.5, 0.6) is 0 Å². The van der Waals surface area contributed by atoms with Gasteiger partial charge in [-0.05, 0) is 79.4 Å². The fourth-order valence-electron chi connectivity index (χ4n) is 7.63. The summed E-state index contributed by atoms with van der Waals surface area (Å²) in [7, 11) is 0. The molecule has 7 aliphatic rings. The largest absolute Gasteiger partial charge is 0.325 e. The van der Waals surface area contributed by atoms with E-state index in [4.69, 9.17) is 5.73 Å². The second-order valence-electron chi connectivity index (χ2n) is 8.13. The first-order valence-electron chi connectivity index (χ1n) is 7.40. The minimum absolute atomic E-state index is 0.286. The fourth-order valence-corrected chi connectivity index (χ4v) is 7.63. The predicted molar refractivity (Wildman–Crippen MR) is 63.7 cm³/mol. The molecule has 0 aromatic heterocycles. The second kappa shape index (κ2) is 2.25. The van der Waals surface area contributed by atoms with Crippen LogP contribution < -0.4 is 5.73 Å². The molecule has 0 amide bonds. The molecule has 16 heavy (non-hydrogen) atoms. The van der Waals surface area contributed by atoms with E-state index in [1.54, 1.807) is 12.8 Å². The van der Waals surface area contributed by atoms with Crippen LogP contribution in [0.3, 0.4) is 0 Å². The van der Waals surface area contributed by atoms with Crippen molar-refractivity contribution in [2.45, 2.75) is 51.0 Å². The molecule has 0 saturated heterocycles. The third-order valence-electron chi connectivity index (χ3n) is 7.74.